The van der Waals surface area contributed by atoms with Crippen LogP contribution in [0, 0.1) is 11.6 Å². The van der Waals surface area contributed by atoms with E-state index in [9.17, 15) is 8.78 Å². The highest BCUT2D eigenvalue weighted by Gasteiger charge is 2.00. The van der Waals surface area contributed by atoms with E-state index in [0.717, 1.165) is 6.07 Å². The van der Waals surface area contributed by atoms with E-state index in [2.05, 4.69) is 5.32 Å². The van der Waals surface area contributed by atoms with Crippen molar-refractivity contribution in [2.24, 2.45) is 0 Å². The second kappa shape index (κ2) is 5.78. The molecule has 84 valence electrons. The number of aliphatic hydroxyl groups excluding tert-OH is 1. The molecule has 0 fully saturated rings. The first kappa shape index (κ1) is 12.1. The summed E-state index contributed by atoms with van der Waals surface area (Å²) >= 11 is 0. The van der Waals surface area contributed by atoms with Gasteiger partial charge in [-0.2, -0.15) is 0 Å². The zero-order chi connectivity index (χ0) is 11.3. The first-order chi connectivity index (χ1) is 7.08. The Morgan fingerprint density at radius 2 is 1.87 bits per heavy atom. The van der Waals surface area contributed by atoms with Crippen LogP contribution in [0.1, 0.15) is 12.5 Å². The van der Waals surface area contributed by atoms with Crippen molar-refractivity contribution in [1.29, 1.82) is 0 Å². The van der Waals surface area contributed by atoms with E-state index in [4.69, 9.17) is 5.11 Å². The van der Waals surface area contributed by atoms with Gasteiger partial charge in [0.05, 0.1) is 6.10 Å². The van der Waals surface area contributed by atoms with Gasteiger partial charge in [-0.3, -0.25) is 0 Å². The van der Waals surface area contributed by atoms with E-state index in [1.165, 1.54) is 12.1 Å². The number of halogens is 2. The van der Waals surface area contributed by atoms with Gasteiger partial charge in [-0.25, -0.2) is 8.78 Å². The molecule has 1 atom stereocenters. The summed E-state index contributed by atoms with van der Waals surface area (Å²) < 4.78 is 25.5. The lowest BCUT2D eigenvalue weighted by atomic mass is 10.1. The van der Waals surface area contributed by atoms with Crippen LogP contribution < -0.4 is 5.32 Å². The molecule has 0 aliphatic heterocycles. The van der Waals surface area contributed by atoms with E-state index in [1.54, 1.807) is 6.92 Å². The SMILES string of the molecule is C[C@@H](O)CNCCc1cc(F)cc(F)c1. The molecule has 0 aromatic heterocycles. The summed E-state index contributed by atoms with van der Waals surface area (Å²) in [5.74, 6) is -1.11. The van der Waals surface area contributed by atoms with E-state index in [0.29, 0.717) is 25.1 Å². The van der Waals surface area contributed by atoms with Crippen molar-refractivity contribution in [2.75, 3.05) is 13.1 Å². The van der Waals surface area contributed by atoms with Crippen LogP contribution in [-0.4, -0.2) is 24.3 Å². The van der Waals surface area contributed by atoms with Crippen molar-refractivity contribution in [3.05, 3.63) is 35.4 Å². The van der Waals surface area contributed by atoms with Gasteiger partial charge in [0.25, 0.3) is 0 Å². The van der Waals surface area contributed by atoms with Gasteiger partial charge in [-0.1, -0.05) is 0 Å². The molecule has 0 saturated carbocycles. The second-order valence-electron chi connectivity index (χ2n) is 3.58. The summed E-state index contributed by atoms with van der Waals surface area (Å²) in [5.41, 5.74) is 0.616. The Hall–Kier alpha value is -1.00. The number of rotatable bonds is 5. The molecule has 0 amide bonds. The summed E-state index contributed by atoms with van der Waals surface area (Å²) in [7, 11) is 0. The minimum Gasteiger partial charge on any atom is -0.392 e. The number of hydrogen-bond acceptors (Lipinski definition) is 2. The van der Waals surface area contributed by atoms with Gasteiger partial charge in [-0.15, -0.1) is 0 Å². The Morgan fingerprint density at radius 3 is 2.40 bits per heavy atom. The van der Waals surface area contributed by atoms with E-state index >= 15 is 0 Å². The Bertz CT molecular complexity index is 295. The zero-order valence-corrected chi connectivity index (χ0v) is 8.63. The van der Waals surface area contributed by atoms with Gasteiger partial charge in [0, 0.05) is 12.6 Å². The van der Waals surface area contributed by atoms with Crippen LogP contribution >= 0.6 is 0 Å². The molecule has 4 heteroatoms. The number of hydrogen-bond donors (Lipinski definition) is 2. The zero-order valence-electron chi connectivity index (χ0n) is 8.63. The van der Waals surface area contributed by atoms with Gasteiger partial charge >= 0.3 is 0 Å². The largest absolute Gasteiger partial charge is 0.392 e. The molecule has 0 bridgehead atoms. The van der Waals surface area contributed by atoms with Crippen LogP contribution in [0.15, 0.2) is 18.2 Å². The summed E-state index contributed by atoms with van der Waals surface area (Å²) in [6, 6.07) is 3.48. The third-order valence-corrected chi connectivity index (χ3v) is 1.95. The molecule has 0 spiro atoms. The first-order valence-electron chi connectivity index (χ1n) is 4.91. The fraction of sp³-hybridized carbons (Fsp3) is 0.455. The lowest BCUT2D eigenvalue weighted by Gasteiger charge is -2.06. The lowest BCUT2D eigenvalue weighted by Crippen LogP contribution is -2.26. The van der Waals surface area contributed by atoms with Gasteiger partial charge in [0.2, 0.25) is 0 Å². The van der Waals surface area contributed by atoms with Crippen LogP contribution in [0.5, 0.6) is 0 Å². The third kappa shape index (κ3) is 4.85. The molecule has 0 heterocycles. The molecule has 0 radical (unpaired) electrons. The number of aliphatic hydroxyl groups is 1. The van der Waals surface area contributed by atoms with Gasteiger partial charge in [0.1, 0.15) is 11.6 Å². The molecule has 15 heavy (non-hydrogen) atoms. The smallest absolute Gasteiger partial charge is 0.126 e. The molecule has 2 nitrogen and oxygen atoms in total. The van der Waals surface area contributed by atoms with Crippen LogP contribution in [0.25, 0.3) is 0 Å². The van der Waals surface area contributed by atoms with Crippen molar-refractivity contribution in [1.82, 2.24) is 5.32 Å². The van der Waals surface area contributed by atoms with Crippen LogP contribution in [0.4, 0.5) is 8.78 Å². The molecule has 0 unspecified atom stereocenters. The molecule has 1 rings (SSSR count). The second-order valence-corrected chi connectivity index (χ2v) is 3.58. The van der Waals surface area contributed by atoms with E-state index in [-0.39, 0.29) is 0 Å². The highest BCUT2D eigenvalue weighted by atomic mass is 19.1. The van der Waals surface area contributed by atoms with Crippen molar-refractivity contribution in [2.45, 2.75) is 19.4 Å². The Kier molecular flexibility index (Phi) is 4.65. The topological polar surface area (TPSA) is 32.3 Å². The first-order valence-corrected chi connectivity index (χ1v) is 4.91. The van der Waals surface area contributed by atoms with Crippen molar-refractivity contribution in [3.8, 4) is 0 Å². The summed E-state index contributed by atoms with van der Waals surface area (Å²) in [6.45, 7) is 2.75. The minimum atomic E-state index is -0.555. The summed E-state index contributed by atoms with van der Waals surface area (Å²) in [6.07, 6.45) is 0.135. The Labute approximate surface area is 87.9 Å². The average Bonchev–Trinajstić information content (AvgIpc) is 2.10. The lowest BCUT2D eigenvalue weighted by molar-refractivity contribution is 0.191. The maximum absolute atomic E-state index is 12.8. The predicted octanol–water partition coefficient (Wildman–Crippen LogP) is 1.48. The van der Waals surface area contributed by atoms with Crippen LogP contribution in [-0.2, 0) is 6.42 Å². The Balaban J connectivity index is 2.37. The van der Waals surface area contributed by atoms with Gasteiger partial charge in [-0.05, 0) is 37.6 Å². The Morgan fingerprint density at radius 1 is 1.27 bits per heavy atom. The van der Waals surface area contributed by atoms with Crippen LogP contribution in [0.2, 0.25) is 0 Å². The maximum atomic E-state index is 12.8. The molecule has 0 aliphatic carbocycles. The highest BCUT2D eigenvalue weighted by Crippen LogP contribution is 2.07. The van der Waals surface area contributed by atoms with Crippen LogP contribution in [0.3, 0.4) is 0 Å². The third-order valence-electron chi connectivity index (χ3n) is 1.95. The molecule has 1 aromatic carbocycles. The molecule has 0 saturated heterocycles. The summed E-state index contributed by atoms with van der Waals surface area (Å²) in [5, 5.41) is 11.9. The molecule has 1 aromatic rings. The normalized spacial score (nSPS) is 12.8. The maximum Gasteiger partial charge on any atom is 0.126 e. The van der Waals surface area contributed by atoms with Gasteiger partial charge in [0.15, 0.2) is 0 Å². The number of nitrogens with one attached hydrogen (secondary N) is 1. The number of benzene rings is 1. The highest BCUT2D eigenvalue weighted by molar-refractivity contribution is 5.18. The minimum absolute atomic E-state index is 0.408. The molecule has 0 aliphatic rings. The van der Waals surface area contributed by atoms with Gasteiger partial charge < -0.3 is 10.4 Å². The quantitative estimate of drug-likeness (QED) is 0.729. The molecular weight excluding hydrogens is 200 g/mol. The van der Waals surface area contributed by atoms with Crippen molar-refractivity contribution >= 4 is 0 Å². The standard InChI is InChI=1S/C11H15F2NO/c1-8(15)7-14-3-2-9-4-10(12)6-11(13)5-9/h4-6,8,14-15H,2-3,7H2,1H3/t8-/m1/s1. The molecule has 2 N–H and O–H groups in total. The van der Waals surface area contributed by atoms with Crippen molar-refractivity contribution in [3.63, 3.8) is 0 Å². The fourth-order valence-corrected chi connectivity index (χ4v) is 1.30. The predicted molar refractivity (Wildman–Crippen MR) is 54.6 cm³/mol. The van der Waals surface area contributed by atoms with Crippen molar-refractivity contribution < 1.29 is 13.9 Å². The average molecular weight is 215 g/mol. The fourth-order valence-electron chi connectivity index (χ4n) is 1.30. The summed E-state index contributed by atoms with van der Waals surface area (Å²) in [4.78, 5) is 0. The van der Waals surface area contributed by atoms with E-state index < -0.39 is 17.7 Å². The monoisotopic (exact) mass is 215 g/mol. The molecular formula is C11H15F2NO. The van der Waals surface area contributed by atoms with E-state index in [1.807, 2.05) is 0 Å².